The first-order valence-electron chi connectivity index (χ1n) is 8.17. The van der Waals surface area contributed by atoms with Crippen molar-refractivity contribution >= 4 is 44.8 Å². The van der Waals surface area contributed by atoms with E-state index in [9.17, 15) is 13.2 Å². The van der Waals surface area contributed by atoms with Gasteiger partial charge in [-0.1, -0.05) is 29.3 Å². The lowest BCUT2D eigenvalue weighted by atomic mass is 10.1. The van der Waals surface area contributed by atoms with Gasteiger partial charge in [0, 0.05) is 12.2 Å². The van der Waals surface area contributed by atoms with Crippen LogP contribution in [0.5, 0.6) is 0 Å². The quantitative estimate of drug-likeness (QED) is 0.724. The summed E-state index contributed by atoms with van der Waals surface area (Å²) in [6, 6.07) is 11.1. The molecule has 0 atom stereocenters. The van der Waals surface area contributed by atoms with Crippen LogP contribution < -0.4 is 10.0 Å². The van der Waals surface area contributed by atoms with E-state index in [0.717, 1.165) is 18.4 Å². The van der Waals surface area contributed by atoms with E-state index in [4.69, 9.17) is 23.2 Å². The second kappa shape index (κ2) is 7.96. The molecule has 0 heterocycles. The summed E-state index contributed by atoms with van der Waals surface area (Å²) in [4.78, 5) is 12.3. The van der Waals surface area contributed by atoms with Gasteiger partial charge in [-0.3, -0.25) is 4.79 Å². The summed E-state index contributed by atoms with van der Waals surface area (Å²) >= 11 is 11.8. The number of nitrogens with one attached hydrogen (secondary N) is 2. The van der Waals surface area contributed by atoms with E-state index in [-0.39, 0.29) is 17.2 Å². The van der Waals surface area contributed by atoms with Crippen molar-refractivity contribution in [2.75, 3.05) is 11.9 Å². The maximum absolute atomic E-state index is 12.2. The van der Waals surface area contributed by atoms with Gasteiger partial charge in [0.2, 0.25) is 15.9 Å². The summed E-state index contributed by atoms with van der Waals surface area (Å²) in [5.41, 5.74) is 1.26. The summed E-state index contributed by atoms with van der Waals surface area (Å²) < 4.78 is 27.0. The van der Waals surface area contributed by atoms with Gasteiger partial charge in [0.05, 0.1) is 21.4 Å². The molecule has 0 saturated heterocycles. The molecule has 0 aliphatic heterocycles. The van der Waals surface area contributed by atoms with Crippen LogP contribution in [0.2, 0.25) is 10.0 Å². The van der Waals surface area contributed by atoms with Crippen molar-refractivity contribution in [3.63, 3.8) is 0 Å². The molecule has 0 spiro atoms. The number of amides is 1. The van der Waals surface area contributed by atoms with E-state index >= 15 is 0 Å². The summed E-state index contributed by atoms with van der Waals surface area (Å²) in [5.74, 6) is 0.232. The predicted molar refractivity (Wildman–Crippen MR) is 103 cm³/mol. The summed E-state index contributed by atoms with van der Waals surface area (Å²) in [5, 5.41) is 3.56. The Morgan fingerprint density at radius 1 is 1.04 bits per heavy atom. The molecule has 0 unspecified atom stereocenters. The molecule has 2 aromatic rings. The maximum Gasteiger partial charge on any atom is 0.240 e. The van der Waals surface area contributed by atoms with Crippen LogP contribution in [0.25, 0.3) is 0 Å². The first-order chi connectivity index (χ1) is 12.3. The Kier molecular flexibility index (Phi) is 5.87. The van der Waals surface area contributed by atoms with E-state index in [1.54, 1.807) is 30.3 Å². The monoisotopic (exact) mass is 412 g/mol. The molecule has 26 heavy (non-hydrogen) atoms. The second-order valence-corrected chi connectivity index (χ2v) is 8.87. The molecule has 1 fully saturated rings. The molecular formula is C18H18Cl2N2O3S. The molecule has 1 aliphatic carbocycles. The van der Waals surface area contributed by atoms with Crippen LogP contribution >= 0.6 is 23.2 Å². The van der Waals surface area contributed by atoms with Gasteiger partial charge >= 0.3 is 0 Å². The highest BCUT2D eigenvalue weighted by Gasteiger charge is 2.24. The third-order valence-electron chi connectivity index (χ3n) is 4.06. The standard InChI is InChI=1S/C18H18Cl2N2O3S/c19-16-8-3-13(9-17(16)20)10-18(23)22-14-4-6-15(7-5-14)26(24,25)21-11-12-1-2-12/h3-9,12,21H,1-2,10-11H2,(H,22,23). The van der Waals surface area contributed by atoms with Gasteiger partial charge in [-0.25, -0.2) is 13.1 Å². The van der Waals surface area contributed by atoms with Gasteiger partial charge < -0.3 is 5.32 Å². The minimum Gasteiger partial charge on any atom is -0.326 e. The zero-order valence-electron chi connectivity index (χ0n) is 13.8. The normalized spacial score (nSPS) is 14.2. The lowest BCUT2D eigenvalue weighted by Crippen LogP contribution is -2.25. The van der Waals surface area contributed by atoms with Crippen LogP contribution in [0.15, 0.2) is 47.4 Å². The molecule has 0 bridgehead atoms. The fourth-order valence-electron chi connectivity index (χ4n) is 2.39. The van der Waals surface area contributed by atoms with Gasteiger partial charge in [0.1, 0.15) is 0 Å². The minimum atomic E-state index is -3.51. The SMILES string of the molecule is O=C(Cc1ccc(Cl)c(Cl)c1)Nc1ccc(S(=O)(=O)NCC2CC2)cc1. The summed E-state index contributed by atoms with van der Waals surface area (Å²) in [6.07, 6.45) is 2.29. The zero-order chi connectivity index (χ0) is 18.7. The van der Waals surface area contributed by atoms with Crippen molar-refractivity contribution in [1.29, 1.82) is 0 Å². The predicted octanol–water partition coefficient (Wildman–Crippen LogP) is 3.86. The third kappa shape index (κ3) is 5.20. The summed E-state index contributed by atoms with van der Waals surface area (Å²) in [7, 11) is -3.51. The number of rotatable bonds is 7. The molecule has 1 aliphatic rings. The Morgan fingerprint density at radius 2 is 1.73 bits per heavy atom. The van der Waals surface area contributed by atoms with Crippen LogP contribution in [0.4, 0.5) is 5.69 Å². The molecule has 2 aromatic carbocycles. The van der Waals surface area contributed by atoms with Crippen molar-refractivity contribution in [1.82, 2.24) is 4.72 Å². The second-order valence-electron chi connectivity index (χ2n) is 6.29. The number of hydrogen-bond donors (Lipinski definition) is 2. The third-order valence-corrected chi connectivity index (χ3v) is 6.23. The van der Waals surface area contributed by atoms with Crippen LogP contribution in [0.3, 0.4) is 0 Å². The Hall–Kier alpha value is -1.60. The van der Waals surface area contributed by atoms with Gasteiger partial charge in [-0.05, 0) is 60.7 Å². The molecule has 138 valence electrons. The van der Waals surface area contributed by atoms with Crippen molar-refractivity contribution in [3.05, 3.63) is 58.1 Å². The maximum atomic E-state index is 12.2. The molecule has 1 saturated carbocycles. The largest absolute Gasteiger partial charge is 0.326 e. The van der Waals surface area contributed by atoms with E-state index in [2.05, 4.69) is 10.0 Å². The lowest BCUT2D eigenvalue weighted by Gasteiger charge is -2.09. The fraction of sp³-hybridized carbons (Fsp3) is 0.278. The number of halogens is 2. The highest BCUT2D eigenvalue weighted by molar-refractivity contribution is 7.89. The number of sulfonamides is 1. The minimum absolute atomic E-state index is 0.139. The number of anilines is 1. The van der Waals surface area contributed by atoms with E-state index in [0.29, 0.717) is 28.2 Å². The Balaban J connectivity index is 1.59. The average molecular weight is 413 g/mol. The van der Waals surface area contributed by atoms with Crippen molar-refractivity contribution in [2.24, 2.45) is 5.92 Å². The first kappa shape index (κ1) is 19.2. The molecule has 5 nitrogen and oxygen atoms in total. The topological polar surface area (TPSA) is 75.3 Å². The van der Waals surface area contributed by atoms with Gasteiger partial charge in [0.25, 0.3) is 0 Å². The molecule has 1 amide bonds. The number of benzene rings is 2. The number of carbonyl (C=O) groups excluding carboxylic acids is 1. The first-order valence-corrected chi connectivity index (χ1v) is 10.4. The summed E-state index contributed by atoms with van der Waals surface area (Å²) in [6.45, 7) is 0.477. The molecule has 8 heteroatoms. The van der Waals surface area contributed by atoms with Crippen molar-refractivity contribution in [3.8, 4) is 0 Å². The van der Waals surface area contributed by atoms with Gasteiger partial charge in [0.15, 0.2) is 0 Å². The molecule has 2 N–H and O–H groups in total. The lowest BCUT2D eigenvalue weighted by molar-refractivity contribution is -0.115. The van der Waals surface area contributed by atoms with Crippen molar-refractivity contribution in [2.45, 2.75) is 24.2 Å². The Labute approximate surface area is 162 Å². The fourth-order valence-corrected chi connectivity index (χ4v) is 3.83. The zero-order valence-corrected chi connectivity index (χ0v) is 16.2. The van der Waals surface area contributed by atoms with Crippen LogP contribution in [-0.2, 0) is 21.2 Å². The average Bonchev–Trinajstić information content (AvgIpc) is 3.41. The molecule has 0 aromatic heterocycles. The smallest absolute Gasteiger partial charge is 0.240 e. The molecule has 0 radical (unpaired) electrons. The van der Waals surface area contributed by atoms with Crippen LogP contribution in [0, 0.1) is 5.92 Å². The number of carbonyl (C=O) groups is 1. The Morgan fingerprint density at radius 3 is 2.35 bits per heavy atom. The molecule has 3 rings (SSSR count). The van der Waals surface area contributed by atoms with Gasteiger partial charge in [-0.2, -0.15) is 0 Å². The molecular weight excluding hydrogens is 395 g/mol. The highest BCUT2D eigenvalue weighted by atomic mass is 35.5. The van der Waals surface area contributed by atoms with Crippen molar-refractivity contribution < 1.29 is 13.2 Å². The highest BCUT2D eigenvalue weighted by Crippen LogP contribution is 2.28. The number of hydrogen-bond acceptors (Lipinski definition) is 3. The Bertz CT molecular complexity index is 911. The van der Waals surface area contributed by atoms with Gasteiger partial charge in [-0.15, -0.1) is 0 Å². The van der Waals surface area contributed by atoms with Crippen LogP contribution in [-0.4, -0.2) is 20.9 Å². The van der Waals surface area contributed by atoms with E-state index in [1.807, 2.05) is 0 Å². The van der Waals surface area contributed by atoms with Crippen LogP contribution in [0.1, 0.15) is 18.4 Å². The van der Waals surface area contributed by atoms with E-state index < -0.39 is 10.0 Å². The van der Waals surface area contributed by atoms with E-state index in [1.165, 1.54) is 12.1 Å².